The number of nitrogens with zero attached hydrogens (tertiary/aromatic N) is 2. The lowest BCUT2D eigenvalue weighted by Crippen LogP contribution is -2.58. The molecule has 6 N–H and O–H groups in total. The van der Waals surface area contributed by atoms with E-state index in [2.05, 4.69) is 31.5 Å². The van der Waals surface area contributed by atoms with Crippen LogP contribution < -0.4 is 21.3 Å². The number of phenols is 1. The number of aryl methyl sites for hydroxylation is 1. The normalized spacial score (nSPS) is 13.5. The summed E-state index contributed by atoms with van der Waals surface area (Å²) in [6, 6.07) is 8.56. The van der Waals surface area contributed by atoms with Crippen LogP contribution in [0, 0.1) is 12.8 Å². The topological polar surface area (TPSA) is 230 Å². The van der Waals surface area contributed by atoms with E-state index in [1.165, 1.54) is 26.0 Å². The number of rotatable bonds is 16. The third-order valence-corrected chi connectivity index (χ3v) is 7.20. The molecular weight excluding hydrogens is 624 g/mol. The lowest BCUT2D eigenvalue weighted by atomic mass is 10.0. The standard InChI is InChI=1S/C33H40N6O9/c1-17(2)28(37-31(46)25(35-20(5)40)14-21-9-11-23(41)12-10-21)32(47)34-19(4)30(45)36-24(16-27(42)43)29(44)33-39-38-26(48-33)15-22-8-6-7-18(3)13-22/h6-13,17,19,24-25,28,41H,14-16H2,1-5H3,(H,34,47)(H,35,40)(H,36,45)(H,37,46)(H,42,43)/t19-,24-,25-,28-/m0/s1. The SMILES string of the molecule is CC(=O)N[C@@H](Cc1ccc(O)cc1)C(=O)N[C@H](C(=O)N[C@@H](C)C(=O)N[C@@H](CC(=O)O)C(=O)c1nnc(Cc2cccc(C)c2)o1)C(C)C. The summed E-state index contributed by atoms with van der Waals surface area (Å²) < 4.78 is 5.48. The second-order valence-electron chi connectivity index (χ2n) is 11.8. The Hall–Kier alpha value is -5.60. The van der Waals surface area contributed by atoms with Crippen LogP contribution in [-0.2, 0) is 36.8 Å². The first-order valence-electron chi connectivity index (χ1n) is 15.2. The lowest BCUT2D eigenvalue weighted by Gasteiger charge is -2.26. The molecule has 4 amide bonds. The second-order valence-corrected chi connectivity index (χ2v) is 11.8. The predicted octanol–water partition coefficient (Wildman–Crippen LogP) is 1.21. The molecule has 0 unspecified atom stereocenters. The summed E-state index contributed by atoms with van der Waals surface area (Å²) in [5.41, 5.74) is 2.51. The van der Waals surface area contributed by atoms with Crippen molar-refractivity contribution in [3.63, 3.8) is 0 Å². The summed E-state index contributed by atoms with van der Waals surface area (Å²) in [5.74, 6) is -5.82. The van der Waals surface area contributed by atoms with Gasteiger partial charge in [-0.15, -0.1) is 10.2 Å². The van der Waals surface area contributed by atoms with Crippen LogP contribution in [0.5, 0.6) is 5.75 Å². The van der Waals surface area contributed by atoms with Gasteiger partial charge < -0.3 is 35.9 Å². The van der Waals surface area contributed by atoms with Crippen molar-refractivity contribution in [2.45, 2.75) is 78.0 Å². The summed E-state index contributed by atoms with van der Waals surface area (Å²) >= 11 is 0. The summed E-state index contributed by atoms with van der Waals surface area (Å²) in [7, 11) is 0. The number of hydrogen-bond acceptors (Lipinski definition) is 10. The van der Waals surface area contributed by atoms with E-state index in [9.17, 15) is 39.0 Å². The first-order valence-corrected chi connectivity index (χ1v) is 15.2. The van der Waals surface area contributed by atoms with Crippen LogP contribution in [0.4, 0.5) is 0 Å². The molecule has 4 atom stereocenters. The Labute approximate surface area is 276 Å². The van der Waals surface area contributed by atoms with Crippen molar-refractivity contribution >= 4 is 35.4 Å². The Kier molecular flexibility index (Phi) is 12.9. The monoisotopic (exact) mass is 664 g/mol. The number of carbonyl (C=O) groups excluding carboxylic acids is 5. The molecule has 3 aromatic rings. The first kappa shape index (κ1) is 36.9. The lowest BCUT2D eigenvalue weighted by molar-refractivity contribution is -0.138. The van der Waals surface area contributed by atoms with E-state index in [0.717, 1.165) is 11.1 Å². The average Bonchev–Trinajstić information content (AvgIpc) is 3.47. The number of carbonyl (C=O) groups is 6. The predicted molar refractivity (Wildman–Crippen MR) is 171 cm³/mol. The van der Waals surface area contributed by atoms with Gasteiger partial charge in [-0.2, -0.15) is 0 Å². The number of nitrogens with one attached hydrogen (secondary N) is 4. The number of hydrogen-bond donors (Lipinski definition) is 6. The number of Topliss-reactive ketones (excluding diaryl/α,β-unsaturated/α-hetero) is 1. The molecule has 2 aromatic carbocycles. The zero-order chi connectivity index (χ0) is 35.5. The van der Waals surface area contributed by atoms with Gasteiger partial charge in [-0.1, -0.05) is 55.8 Å². The summed E-state index contributed by atoms with van der Waals surface area (Å²) in [6.07, 6.45) is -0.489. The summed E-state index contributed by atoms with van der Waals surface area (Å²) in [4.78, 5) is 76.1. The quantitative estimate of drug-likeness (QED) is 0.119. The number of benzene rings is 2. The molecule has 15 nitrogen and oxygen atoms in total. The molecule has 3 rings (SSSR count). The number of carboxylic acid groups (broad SMARTS) is 1. The zero-order valence-corrected chi connectivity index (χ0v) is 27.3. The van der Waals surface area contributed by atoms with Crippen molar-refractivity contribution in [1.82, 2.24) is 31.5 Å². The van der Waals surface area contributed by atoms with Gasteiger partial charge in [0, 0.05) is 13.3 Å². The summed E-state index contributed by atoms with van der Waals surface area (Å²) in [5, 5.41) is 36.6. The van der Waals surface area contributed by atoms with Crippen LogP contribution in [0.25, 0.3) is 0 Å². The highest BCUT2D eigenvalue weighted by Gasteiger charge is 2.33. The Morgan fingerprint density at radius 1 is 0.812 bits per heavy atom. The summed E-state index contributed by atoms with van der Waals surface area (Å²) in [6.45, 7) is 7.82. The Bertz CT molecular complexity index is 1640. The molecule has 0 aliphatic heterocycles. The third kappa shape index (κ3) is 11.0. The smallest absolute Gasteiger partial charge is 0.305 e. The van der Waals surface area contributed by atoms with Crippen LogP contribution in [0.1, 0.15) is 67.4 Å². The van der Waals surface area contributed by atoms with Gasteiger partial charge in [-0.3, -0.25) is 28.8 Å². The number of ketones is 1. The number of phenolic OH excluding ortho intramolecular Hbond substituents is 1. The molecule has 256 valence electrons. The molecule has 48 heavy (non-hydrogen) atoms. The van der Waals surface area contributed by atoms with E-state index in [-0.39, 0.29) is 24.5 Å². The molecular formula is C33H40N6O9. The van der Waals surface area contributed by atoms with E-state index in [4.69, 9.17) is 4.42 Å². The average molecular weight is 665 g/mol. The largest absolute Gasteiger partial charge is 0.508 e. The van der Waals surface area contributed by atoms with E-state index >= 15 is 0 Å². The van der Waals surface area contributed by atoms with Crippen LogP contribution >= 0.6 is 0 Å². The molecule has 15 heteroatoms. The maximum Gasteiger partial charge on any atom is 0.305 e. The third-order valence-electron chi connectivity index (χ3n) is 7.20. The van der Waals surface area contributed by atoms with Crippen LogP contribution in [0.3, 0.4) is 0 Å². The zero-order valence-electron chi connectivity index (χ0n) is 27.3. The van der Waals surface area contributed by atoms with E-state index in [0.29, 0.717) is 5.56 Å². The fourth-order valence-electron chi connectivity index (χ4n) is 4.73. The molecule has 0 spiro atoms. The van der Waals surface area contributed by atoms with Gasteiger partial charge in [0.25, 0.3) is 5.89 Å². The van der Waals surface area contributed by atoms with Gasteiger partial charge in [-0.25, -0.2) is 0 Å². The van der Waals surface area contributed by atoms with Gasteiger partial charge >= 0.3 is 5.97 Å². The number of aliphatic carboxylic acids is 1. The van der Waals surface area contributed by atoms with Gasteiger partial charge in [-0.05, 0) is 43.0 Å². The minimum absolute atomic E-state index is 0.0327. The second kappa shape index (κ2) is 16.8. The minimum Gasteiger partial charge on any atom is -0.508 e. The van der Waals surface area contributed by atoms with Crippen molar-refractivity contribution in [2.24, 2.45) is 5.92 Å². The van der Waals surface area contributed by atoms with Crippen LogP contribution in [-0.4, -0.2) is 80.0 Å². The minimum atomic E-state index is -1.58. The molecule has 0 fully saturated rings. The van der Waals surface area contributed by atoms with Crippen molar-refractivity contribution in [2.75, 3.05) is 0 Å². The van der Waals surface area contributed by atoms with Crippen molar-refractivity contribution < 1.29 is 43.4 Å². The number of aromatic hydroxyl groups is 1. The van der Waals surface area contributed by atoms with E-state index < -0.39 is 77.8 Å². The molecule has 0 saturated heterocycles. The highest BCUT2D eigenvalue weighted by Crippen LogP contribution is 2.14. The molecule has 0 aliphatic rings. The maximum atomic E-state index is 13.3. The Morgan fingerprint density at radius 2 is 1.50 bits per heavy atom. The van der Waals surface area contributed by atoms with Crippen molar-refractivity contribution in [3.05, 3.63) is 77.0 Å². The Balaban J connectivity index is 1.66. The van der Waals surface area contributed by atoms with Gasteiger partial charge in [0.15, 0.2) is 0 Å². The van der Waals surface area contributed by atoms with Crippen molar-refractivity contribution in [1.29, 1.82) is 0 Å². The van der Waals surface area contributed by atoms with Gasteiger partial charge in [0.1, 0.15) is 29.9 Å². The van der Waals surface area contributed by atoms with Crippen LogP contribution in [0.15, 0.2) is 52.9 Å². The number of aromatic nitrogens is 2. The molecule has 0 saturated carbocycles. The molecule has 1 heterocycles. The van der Waals surface area contributed by atoms with Crippen LogP contribution in [0.2, 0.25) is 0 Å². The number of carboxylic acids is 1. The fraction of sp³-hybridized carbons (Fsp3) is 0.394. The van der Waals surface area contributed by atoms with Gasteiger partial charge in [0.05, 0.1) is 12.8 Å². The number of amides is 4. The van der Waals surface area contributed by atoms with E-state index in [1.54, 1.807) is 26.0 Å². The molecule has 0 aliphatic carbocycles. The first-order chi connectivity index (χ1) is 22.6. The molecule has 0 radical (unpaired) electrons. The maximum absolute atomic E-state index is 13.3. The fourth-order valence-corrected chi connectivity index (χ4v) is 4.73. The van der Waals surface area contributed by atoms with Crippen molar-refractivity contribution in [3.8, 4) is 5.75 Å². The Morgan fingerprint density at radius 3 is 2.10 bits per heavy atom. The molecule has 0 bridgehead atoms. The van der Waals surface area contributed by atoms with E-state index in [1.807, 2.05) is 31.2 Å². The highest BCUT2D eigenvalue weighted by molar-refractivity contribution is 6.01. The molecule has 1 aromatic heterocycles. The highest BCUT2D eigenvalue weighted by atomic mass is 16.4. The van der Waals surface area contributed by atoms with Gasteiger partial charge in [0.2, 0.25) is 35.3 Å².